The van der Waals surface area contributed by atoms with E-state index < -0.39 is 71.6 Å². The van der Waals surface area contributed by atoms with Gasteiger partial charge in [0.2, 0.25) is 17.7 Å². The number of halogens is 1. The number of carbonyl (C=O) groups excluding carboxylic acids is 4. The lowest BCUT2D eigenvalue weighted by Crippen LogP contribution is -2.63. The van der Waals surface area contributed by atoms with Crippen LogP contribution in [-0.2, 0) is 35.1 Å². The van der Waals surface area contributed by atoms with Gasteiger partial charge in [-0.15, -0.1) is 13.2 Å². The molecule has 0 saturated carbocycles. The molecule has 54 heavy (non-hydrogen) atoms. The summed E-state index contributed by atoms with van der Waals surface area (Å²) in [5.74, 6) is -3.52. The van der Waals surface area contributed by atoms with Crippen LogP contribution in [0, 0.1) is 17.3 Å². The van der Waals surface area contributed by atoms with E-state index in [9.17, 15) is 14.7 Å². The van der Waals surface area contributed by atoms with Crippen molar-refractivity contribution in [2.45, 2.75) is 107 Å². The van der Waals surface area contributed by atoms with E-state index in [-0.39, 0.29) is 35.7 Å². The van der Waals surface area contributed by atoms with Crippen LogP contribution in [-0.4, -0.2) is 92.5 Å². The number of ether oxygens (including phenoxy) is 2. The number of allylic oxidation sites excluding steroid dienone is 1. The first kappa shape index (κ1) is 41.4. The number of nitrogens with zero attached hydrogens (tertiary/aromatic N) is 2. The summed E-state index contributed by atoms with van der Waals surface area (Å²) in [6, 6.07) is 16.2. The zero-order chi connectivity index (χ0) is 39.4. The molecule has 0 radical (unpaired) electrons. The Hall–Kier alpha value is -3.80. The van der Waals surface area contributed by atoms with Crippen LogP contribution in [0.2, 0.25) is 0 Å². The largest absolute Gasteiger partial charge is 0.463 e. The quantitative estimate of drug-likeness (QED) is 0.115. The topological polar surface area (TPSA) is 125 Å². The second kappa shape index (κ2) is 16.9. The zero-order valence-corrected chi connectivity index (χ0v) is 33.8. The molecule has 1 unspecified atom stereocenters. The summed E-state index contributed by atoms with van der Waals surface area (Å²) < 4.78 is 12.5. The lowest BCUT2D eigenvalue weighted by Gasteiger charge is -2.46. The van der Waals surface area contributed by atoms with Gasteiger partial charge in [-0.2, -0.15) is 0 Å². The van der Waals surface area contributed by atoms with Gasteiger partial charge in [0.25, 0.3) is 0 Å². The van der Waals surface area contributed by atoms with Crippen molar-refractivity contribution in [2.24, 2.45) is 17.3 Å². The van der Waals surface area contributed by atoms with Crippen molar-refractivity contribution in [3.05, 3.63) is 97.1 Å². The van der Waals surface area contributed by atoms with Gasteiger partial charge in [-0.25, -0.2) is 0 Å². The van der Waals surface area contributed by atoms with Crippen LogP contribution in [0.25, 0.3) is 0 Å². The molecular weight excluding hydrogens is 750 g/mol. The number of likely N-dealkylation sites (tertiary alicyclic amines) is 1. The average Bonchev–Trinajstić information content (AvgIpc) is 3.72. The van der Waals surface area contributed by atoms with Gasteiger partial charge in [0.05, 0.1) is 36.6 Å². The fraction of sp³-hybridized carbons (Fsp3) is 0.535. The van der Waals surface area contributed by atoms with E-state index in [1.54, 1.807) is 17.1 Å². The number of hydrogen-bond donors (Lipinski definition) is 2. The van der Waals surface area contributed by atoms with E-state index in [1.807, 2.05) is 74.5 Å². The van der Waals surface area contributed by atoms with E-state index in [1.165, 1.54) is 4.90 Å². The molecule has 0 aliphatic carbocycles. The summed E-state index contributed by atoms with van der Waals surface area (Å²) in [5, 5.41) is 14.1. The first-order chi connectivity index (χ1) is 25.6. The molecule has 3 aliphatic rings. The molecule has 11 heteroatoms. The molecule has 292 valence electrons. The maximum Gasteiger partial charge on any atom is 0.306 e. The minimum atomic E-state index is -1.35. The van der Waals surface area contributed by atoms with E-state index in [0.29, 0.717) is 25.7 Å². The highest BCUT2D eigenvalue weighted by atomic mass is 79.9. The second-order valence-electron chi connectivity index (χ2n) is 16.7. The van der Waals surface area contributed by atoms with Gasteiger partial charge in [-0.05, 0) is 56.1 Å². The van der Waals surface area contributed by atoms with Crippen LogP contribution in [0.3, 0.4) is 0 Å². The molecule has 1 spiro atoms. The fourth-order valence-corrected chi connectivity index (χ4v) is 10.1. The Balaban J connectivity index is 1.56. The molecule has 2 N–H and O–H groups in total. The van der Waals surface area contributed by atoms with Crippen molar-refractivity contribution >= 4 is 39.6 Å². The SMILES string of the molecule is C=CCCC(=O)OC[C@H](NC(=O)[C@H]1[C@@H]2O[C@@]3(CC2Br)[C@@H]1C(=O)N([C@@H](CO)Cc1ccccc1)[C@@H]3C(=O)N(CC=C)C(C)(C)CC(C)(C)C)c1ccccc1. The summed E-state index contributed by atoms with van der Waals surface area (Å²) in [6.45, 7) is 17.8. The first-order valence-corrected chi connectivity index (χ1v) is 19.8. The average molecular weight is 807 g/mol. The molecule has 3 amide bonds. The molecule has 3 aliphatic heterocycles. The number of alkyl halides is 1. The Morgan fingerprint density at radius 3 is 2.31 bits per heavy atom. The molecule has 3 fully saturated rings. The number of fused-ring (bicyclic) bond motifs is 1. The highest BCUT2D eigenvalue weighted by Crippen LogP contribution is 2.61. The van der Waals surface area contributed by atoms with Gasteiger partial charge in [-0.3, -0.25) is 19.2 Å². The Labute approximate surface area is 328 Å². The van der Waals surface area contributed by atoms with Gasteiger partial charge < -0.3 is 29.7 Å². The van der Waals surface area contributed by atoms with Crippen molar-refractivity contribution in [1.82, 2.24) is 15.1 Å². The summed E-state index contributed by atoms with van der Waals surface area (Å²) in [4.78, 5) is 60.6. The van der Waals surface area contributed by atoms with Crippen LogP contribution in [0.15, 0.2) is 86.0 Å². The molecule has 8 atom stereocenters. The number of rotatable bonds is 17. The van der Waals surface area contributed by atoms with Gasteiger partial charge in [0.15, 0.2) is 0 Å². The van der Waals surface area contributed by atoms with E-state index in [2.05, 4.69) is 55.2 Å². The molecule has 0 aromatic heterocycles. The molecule has 2 aromatic rings. The molecule has 10 nitrogen and oxygen atoms in total. The highest BCUT2D eigenvalue weighted by Gasteiger charge is 2.77. The number of esters is 1. The van der Waals surface area contributed by atoms with Crippen molar-refractivity contribution in [3.63, 3.8) is 0 Å². The first-order valence-electron chi connectivity index (χ1n) is 18.9. The molecule has 2 bridgehead atoms. The molecule has 2 aromatic carbocycles. The maximum atomic E-state index is 15.3. The third kappa shape index (κ3) is 8.53. The van der Waals surface area contributed by atoms with Crippen molar-refractivity contribution < 1.29 is 33.8 Å². The van der Waals surface area contributed by atoms with E-state index in [4.69, 9.17) is 9.47 Å². The normalized spacial score (nSPS) is 25.8. The molecule has 3 heterocycles. The van der Waals surface area contributed by atoms with Crippen LogP contribution in [0.1, 0.15) is 77.5 Å². The smallest absolute Gasteiger partial charge is 0.306 e. The van der Waals surface area contributed by atoms with E-state index >= 15 is 9.59 Å². The third-order valence-corrected chi connectivity index (χ3v) is 11.8. The Kier molecular flexibility index (Phi) is 13.0. The Bertz CT molecular complexity index is 1680. The predicted octanol–water partition coefficient (Wildman–Crippen LogP) is 5.93. The maximum absolute atomic E-state index is 15.3. The Morgan fingerprint density at radius 1 is 1.07 bits per heavy atom. The number of aliphatic hydroxyl groups excluding tert-OH is 1. The Morgan fingerprint density at radius 2 is 1.72 bits per heavy atom. The monoisotopic (exact) mass is 805 g/mol. The van der Waals surface area contributed by atoms with Crippen LogP contribution >= 0.6 is 15.9 Å². The van der Waals surface area contributed by atoms with Gasteiger partial charge in [-0.1, -0.05) is 110 Å². The zero-order valence-electron chi connectivity index (χ0n) is 32.2. The van der Waals surface area contributed by atoms with Gasteiger partial charge in [0.1, 0.15) is 18.2 Å². The number of aliphatic hydroxyl groups is 1. The summed E-state index contributed by atoms with van der Waals surface area (Å²) in [7, 11) is 0. The standard InChI is InChI=1S/C43H56BrN3O7/c1-8-10-21-33(49)53-26-32(29-19-15-12-16-20-29)45-38(50)34-35-39(51)47(30(25-48)23-28-17-13-11-14-18-28)37(43(35)24-31(44)36(34)54-43)40(52)46(22-9-2)42(6,7)27-41(3,4)5/h8-9,11-20,30-32,34-37,48H,1-2,10,21-27H2,3-7H3,(H,45,50)/t30-,31?,32+,34-,35+,36-,37-,43+/m1/s1. The molecule has 5 rings (SSSR count). The summed E-state index contributed by atoms with van der Waals surface area (Å²) in [6.07, 6.45) is 4.54. The number of amides is 3. The van der Waals surface area contributed by atoms with Gasteiger partial charge >= 0.3 is 5.97 Å². The summed E-state index contributed by atoms with van der Waals surface area (Å²) >= 11 is 3.79. The van der Waals surface area contributed by atoms with Crippen LogP contribution < -0.4 is 5.32 Å². The third-order valence-electron chi connectivity index (χ3n) is 10.9. The van der Waals surface area contributed by atoms with Crippen molar-refractivity contribution in [2.75, 3.05) is 19.8 Å². The molecule has 3 saturated heterocycles. The summed E-state index contributed by atoms with van der Waals surface area (Å²) in [5.41, 5.74) is -0.497. The van der Waals surface area contributed by atoms with E-state index in [0.717, 1.165) is 11.1 Å². The number of carbonyl (C=O) groups is 4. The van der Waals surface area contributed by atoms with Crippen LogP contribution in [0.4, 0.5) is 0 Å². The number of hydrogen-bond acceptors (Lipinski definition) is 7. The number of nitrogens with one attached hydrogen (secondary N) is 1. The van der Waals surface area contributed by atoms with Crippen molar-refractivity contribution in [3.8, 4) is 0 Å². The number of benzene rings is 2. The van der Waals surface area contributed by atoms with Crippen LogP contribution in [0.5, 0.6) is 0 Å². The lowest BCUT2D eigenvalue weighted by molar-refractivity contribution is -0.155. The van der Waals surface area contributed by atoms with Gasteiger partial charge in [0, 0.05) is 23.3 Å². The predicted molar refractivity (Wildman–Crippen MR) is 211 cm³/mol. The highest BCUT2D eigenvalue weighted by molar-refractivity contribution is 9.09. The fourth-order valence-electron chi connectivity index (χ4n) is 9.13. The molecular formula is C43H56BrN3O7. The minimum absolute atomic E-state index is 0.109. The minimum Gasteiger partial charge on any atom is -0.463 e. The lowest BCUT2D eigenvalue weighted by atomic mass is 9.70. The van der Waals surface area contributed by atoms with Crippen molar-refractivity contribution in [1.29, 1.82) is 0 Å². The second-order valence-corrected chi connectivity index (χ2v) is 17.9.